The molecule has 10 heteroatoms. The molecule has 0 unspecified atom stereocenters. The van der Waals surface area contributed by atoms with Gasteiger partial charge in [-0.25, -0.2) is 4.79 Å². The minimum Gasteiger partial charge on any atom is -0.358 e. The van der Waals surface area contributed by atoms with E-state index in [2.05, 4.69) is 5.32 Å². The van der Waals surface area contributed by atoms with Crippen molar-refractivity contribution < 1.29 is 18.0 Å². The predicted molar refractivity (Wildman–Crippen MR) is 102 cm³/mol. The van der Waals surface area contributed by atoms with Crippen molar-refractivity contribution in [1.82, 2.24) is 9.13 Å². The van der Waals surface area contributed by atoms with Gasteiger partial charge in [-0.3, -0.25) is 18.7 Å². The zero-order valence-corrected chi connectivity index (χ0v) is 16.0. The van der Waals surface area contributed by atoms with Gasteiger partial charge in [-0.1, -0.05) is 6.07 Å². The van der Waals surface area contributed by atoms with Gasteiger partial charge in [0, 0.05) is 44.9 Å². The third kappa shape index (κ3) is 4.36. The molecular weight excluding hydrogens is 389 g/mol. The van der Waals surface area contributed by atoms with Crippen molar-refractivity contribution in [2.75, 3.05) is 23.3 Å². The van der Waals surface area contributed by atoms with E-state index in [1.165, 1.54) is 29.8 Å². The summed E-state index contributed by atoms with van der Waals surface area (Å²) in [4.78, 5) is 38.3. The third-order valence-corrected chi connectivity index (χ3v) is 5.15. The summed E-state index contributed by atoms with van der Waals surface area (Å²) >= 11 is 0. The van der Waals surface area contributed by atoms with E-state index in [0.717, 1.165) is 16.7 Å². The number of alkyl halides is 3. The van der Waals surface area contributed by atoms with Crippen LogP contribution in [0.25, 0.3) is 0 Å². The first-order chi connectivity index (χ1) is 13.6. The molecule has 1 fully saturated rings. The molecule has 1 aromatic carbocycles. The van der Waals surface area contributed by atoms with E-state index < -0.39 is 23.0 Å². The number of halogens is 3. The highest BCUT2D eigenvalue weighted by molar-refractivity contribution is 5.92. The lowest BCUT2D eigenvalue weighted by atomic mass is 9.95. The van der Waals surface area contributed by atoms with E-state index >= 15 is 0 Å². The molecule has 156 valence electrons. The molecule has 29 heavy (non-hydrogen) atoms. The minimum absolute atomic E-state index is 0.0983. The fourth-order valence-electron chi connectivity index (χ4n) is 3.41. The van der Waals surface area contributed by atoms with Gasteiger partial charge in [-0.2, -0.15) is 13.2 Å². The topological polar surface area (TPSA) is 76.3 Å². The molecule has 1 aromatic heterocycles. The lowest BCUT2D eigenvalue weighted by Gasteiger charge is -2.33. The van der Waals surface area contributed by atoms with Gasteiger partial charge in [0.05, 0.1) is 5.56 Å². The van der Waals surface area contributed by atoms with Crippen LogP contribution >= 0.6 is 0 Å². The molecule has 1 saturated heterocycles. The number of amides is 1. The maximum absolute atomic E-state index is 12.8. The van der Waals surface area contributed by atoms with Gasteiger partial charge in [0.1, 0.15) is 5.82 Å². The highest BCUT2D eigenvalue weighted by Crippen LogP contribution is 2.31. The molecule has 0 spiro atoms. The Kier molecular flexibility index (Phi) is 5.54. The molecule has 0 saturated carbocycles. The van der Waals surface area contributed by atoms with Gasteiger partial charge in [-0.05, 0) is 31.0 Å². The van der Waals surface area contributed by atoms with Crippen LogP contribution < -0.4 is 21.5 Å². The summed E-state index contributed by atoms with van der Waals surface area (Å²) < 4.78 is 40.8. The van der Waals surface area contributed by atoms with Crippen LogP contribution in [-0.2, 0) is 25.1 Å². The number of carbonyl (C=O) groups excluding carboxylic acids is 1. The number of anilines is 2. The molecule has 1 aliphatic rings. The summed E-state index contributed by atoms with van der Waals surface area (Å²) in [7, 11) is 2.97. The molecule has 1 amide bonds. The number of benzene rings is 1. The normalized spacial score (nSPS) is 15.4. The second kappa shape index (κ2) is 7.76. The van der Waals surface area contributed by atoms with Crippen LogP contribution in [-0.4, -0.2) is 28.1 Å². The fraction of sp³-hybridized carbons (Fsp3) is 0.421. The van der Waals surface area contributed by atoms with Crippen LogP contribution in [0, 0.1) is 5.92 Å². The van der Waals surface area contributed by atoms with Crippen molar-refractivity contribution in [2.45, 2.75) is 19.0 Å². The standard InChI is InChI=1S/C19H21F3N4O3/c1-24-15(11-16(27)25(2)18(24)29)26-8-6-12(7-9-26)17(28)23-14-5-3-4-13(10-14)19(20,21)22/h3-5,10-12H,6-9H2,1-2H3,(H,23,28). The number of hydrogen-bond donors (Lipinski definition) is 1. The molecule has 0 aliphatic carbocycles. The Bertz CT molecular complexity index is 1030. The molecule has 3 rings (SSSR count). The van der Waals surface area contributed by atoms with Gasteiger partial charge in [0.2, 0.25) is 5.91 Å². The van der Waals surface area contributed by atoms with Crippen LogP contribution in [0.3, 0.4) is 0 Å². The monoisotopic (exact) mass is 410 g/mol. The first-order valence-corrected chi connectivity index (χ1v) is 9.08. The van der Waals surface area contributed by atoms with Crippen molar-refractivity contribution in [3.05, 3.63) is 56.7 Å². The summed E-state index contributed by atoms with van der Waals surface area (Å²) in [6.07, 6.45) is -3.57. The fourth-order valence-corrected chi connectivity index (χ4v) is 3.41. The number of nitrogens with zero attached hydrogens (tertiary/aromatic N) is 3. The van der Waals surface area contributed by atoms with Gasteiger partial charge in [0.25, 0.3) is 5.56 Å². The van der Waals surface area contributed by atoms with E-state index in [9.17, 15) is 27.6 Å². The highest BCUT2D eigenvalue weighted by atomic mass is 19.4. The first kappa shape index (κ1) is 20.7. The molecule has 0 atom stereocenters. The maximum atomic E-state index is 12.8. The number of nitrogens with one attached hydrogen (secondary N) is 1. The molecule has 2 heterocycles. The smallest absolute Gasteiger partial charge is 0.358 e. The van der Waals surface area contributed by atoms with Crippen molar-refractivity contribution in [3.63, 3.8) is 0 Å². The Morgan fingerprint density at radius 3 is 2.34 bits per heavy atom. The van der Waals surface area contributed by atoms with Crippen molar-refractivity contribution in [1.29, 1.82) is 0 Å². The average Bonchev–Trinajstić information content (AvgIpc) is 2.69. The van der Waals surface area contributed by atoms with Gasteiger partial charge >= 0.3 is 11.9 Å². The Morgan fingerprint density at radius 2 is 1.72 bits per heavy atom. The zero-order chi connectivity index (χ0) is 21.3. The van der Waals surface area contributed by atoms with Crippen LogP contribution in [0.5, 0.6) is 0 Å². The van der Waals surface area contributed by atoms with Crippen LogP contribution in [0.2, 0.25) is 0 Å². The average molecular weight is 410 g/mol. The largest absolute Gasteiger partial charge is 0.416 e. The summed E-state index contributed by atoms with van der Waals surface area (Å²) in [5.74, 6) is -0.235. The zero-order valence-electron chi connectivity index (χ0n) is 16.0. The molecule has 0 bridgehead atoms. The van der Waals surface area contributed by atoms with E-state index in [1.807, 2.05) is 4.90 Å². The maximum Gasteiger partial charge on any atom is 0.416 e. The molecule has 1 aliphatic heterocycles. The third-order valence-electron chi connectivity index (χ3n) is 5.15. The van der Waals surface area contributed by atoms with Gasteiger partial charge in [0.15, 0.2) is 0 Å². The second-order valence-corrected chi connectivity index (χ2v) is 7.07. The van der Waals surface area contributed by atoms with Gasteiger partial charge in [-0.15, -0.1) is 0 Å². The van der Waals surface area contributed by atoms with E-state index in [-0.39, 0.29) is 17.5 Å². The van der Waals surface area contributed by atoms with Crippen molar-refractivity contribution in [2.24, 2.45) is 20.0 Å². The number of rotatable bonds is 3. The minimum atomic E-state index is -4.48. The summed E-state index contributed by atoms with van der Waals surface area (Å²) in [6, 6.07) is 5.89. The lowest BCUT2D eigenvalue weighted by molar-refractivity contribution is -0.137. The molecule has 1 N–H and O–H groups in total. The van der Waals surface area contributed by atoms with Crippen LogP contribution in [0.4, 0.5) is 24.7 Å². The summed E-state index contributed by atoms with van der Waals surface area (Å²) in [5, 5.41) is 2.55. The van der Waals surface area contributed by atoms with Crippen molar-refractivity contribution >= 4 is 17.4 Å². The van der Waals surface area contributed by atoms with Crippen molar-refractivity contribution in [3.8, 4) is 0 Å². The van der Waals surface area contributed by atoms with Crippen LogP contribution in [0.15, 0.2) is 39.9 Å². The Balaban J connectivity index is 1.66. The Morgan fingerprint density at radius 1 is 1.07 bits per heavy atom. The van der Waals surface area contributed by atoms with E-state index in [4.69, 9.17) is 0 Å². The highest BCUT2D eigenvalue weighted by Gasteiger charge is 2.31. The van der Waals surface area contributed by atoms with E-state index in [1.54, 1.807) is 7.05 Å². The number of carbonyl (C=O) groups is 1. The molecular formula is C19H21F3N4O3. The quantitative estimate of drug-likeness (QED) is 0.840. The number of hydrogen-bond acceptors (Lipinski definition) is 4. The first-order valence-electron chi connectivity index (χ1n) is 9.08. The van der Waals surface area contributed by atoms with E-state index in [0.29, 0.717) is 31.7 Å². The SMILES string of the molecule is Cn1c(N2CCC(C(=O)Nc3cccc(C(F)(F)F)c3)CC2)cc(=O)n(C)c1=O. The Hall–Kier alpha value is -3.04. The lowest BCUT2D eigenvalue weighted by Crippen LogP contribution is -2.44. The van der Waals surface area contributed by atoms with Crippen LogP contribution in [0.1, 0.15) is 18.4 Å². The number of aromatic nitrogens is 2. The molecule has 0 radical (unpaired) electrons. The predicted octanol–water partition coefficient (Wildman–Crippen LogP) is 1.96. The Labute approximate surface area is 164 Å². The molecule has 2 aromatic rings. The summed E-state index contributed by atoms with van der Waals surface area (Å²) in [5.41, 5.74) is -1.57. The second-order valence-electron chi connectivity index (χ2n) is 7.07. The number of piperidine rings is 1. The van der Waals surface area contributed by atoms with Gasteiger partial charge < -0.3 is 10.2 Å². The molecule has 7 nitrogen and oxygen atoms in total. The summed E-state index contributed by atoms with van der Waals surface area (Å²) in [6.45, 7) is 0.891.